The first-order valence-electron chi connectivity index (χ1n) is 19.4. The van der Waals surface area contributed by atoms with Crippen molar-refractivity contribution in [3.63, 3.8) is 0 Å². The molecular formula is C38H74NO8P. The minimum Gasteiger partial charge on any atom is -0.756 e. The molecule has 0 aromatic rings. The van der Waals surface area contributed by atoms with Gasteiger partial charge < -0.3 is 27.9 Å². The van der Waals surface area contributed by atoms with Crippen LogP contribution in [0.2, 0.25) is 0 Å². The predicted molar refractivity (Wildman–Crippen MR) is 195 cm³/mol. The van der Waals surface area contributed by atoms with Gasteiger partial charge in [-0.15, -0.1) is 0 Å². The Labute approximate surface area is 295 Å². The molecule has 0 saturated carbocycles. The summed E-state index contributed by atoms with van der Waals surface area (Å²) >= 11 is 0. The van der Waals surface area contributed by atoms with Crippen LogP contribution in [0.15, 0.2) is 12.2 Å². The zero-order valence-corrected chi connectivity index (χ0v) is 32.6. The molecule has 1 unspecified atom stereocenters. The summed E-state index contributed by atoms with van der Waals surface area (Å²) in [5, 5.41) is 0. The highest BCUT2D eigenvalue weighted by Crippen LogP contribution is 2.38. The Morgan fingerprint density at radius 2 is 1.06 bits per heavy atom. The number of esters is 2. The highest BCUT2D eigenvalue weighted by molar-refractivity contribution is 7.45. The molecule has 0 N–H and O–H groups in total. The molecule has 48 heavy (non-hydrogen) atoms. The van der Waals surface area contributed by atoms with Crippen LogP contribution in [0.5, 0.6) is 0 Å². The van der Waals surface area contributed by atoms with Gasteiger partial charge in [0.25, 0.3) is 7.82 Å². The Morgan fingerprint density at radius 1 is 0.625 bits per heavy atom. The van der Waals surface area contributed by atoms with Crippen LogP contribution in [0.1, 0.15) is 168 Å². The number of hydrogen-bond acceptors (Lipinski definition) is 8. The van der Waals surface area contributed by atoms with Crippen LogP contribution in [0, 0.1) is 0 Å². The summed E-state index contributed by atoms with van der Waals surface area (Å²) in [4.78, 5) is 37.3. The predicted octanol–water partition coefficient (Wildman–Crippen LogP) is 9.61. The van der Waals surface area contributed by atoms with Gasteiger partial charge in [-0.3, -0.25) is 14.2 Å². The van der Waals surface area contributed by atoms with Crippen LogP contribution in [-0.2, 0) is 32.7 Å². The van der Waals surface area contributed by atoms with Crippen LogP contribution in [0.3, 0.4) is 0 Å². The topological polar surface area (TPSA) is 111 Å². The first kappa shape index (κ1) is 46.8. The summed E-state index contributed by atoms with van der Waals surface area (Å²) in [6.07, 6.45) is 29.5. The number of rotatable bonds is 35. The Morgan fingerprint density at radius 3 is 1.56 bits per heavy atom. The zero-order chi connectivity index (χ0) is 35.8. The van der Waals surface area contributed by atoms with E-state index >= 15 is 0 Å². The lowest BCUT2D eigenvalue weighted by Crippen LogP contribution is -2.37. The summed E-state index contributed by atoms with van der Waals surface area (Å²) < 4.78 is 33.7. The van der Waals surface area contributed by atoms with Crippen LogP contribution >= 0.6 is 7.82 Å². The van der Waals surface area contributed by atoms with Crippen LogP contribution in [0.25, 0.3) is 0 Å². The van der Waals surface area contributed by atoms with E-state index in [1.807, 2.05) is 21.1 Å². The van der Waals surface area contributed by atoms with E-state index in [0.29, 0.717) is 17.4 Å². The molecule has 9 nitrogen and oxygen atoms in total. The van der Waals surface area contributed by atoms with Gasteiger partial charge in [-0.05, 0) is 38.5 Å². The molecule has 284 valence electrons. The molecule has 0 fully saturated rings. The maximum Gasteiger partial charge on any atom is 0.306 e. The zero-order valence-electron chi connectivity index (χ0n) is 31.7. The first-order chi connectivity index (χ1) is 23.0. The quantitative estimate of drug-likeness (QED) is 0.0211. The molecule has 0 bridgehead atoms. The van der Waals surface area contributed by atoms with Gasteiger partial charge in [0.2, 0.25) is 0 Å². The molecule has 0 aromatic carbocycles. The van der Waals surface area contributed by atoms with Crippen molar-refractivity contribution < 1.29 is 42.1 Å². The summed E-state index contributed by atoms with van der Waals surface area (Å²) in [5.41, 5.74) is 0. The molecule has 0 amide bonds. The lowest BCUT2D eigenvalue weighted by Gasteiger charge is -2.28. The van der Waals surface area contributed by atoms with E-state index in [-0.39, 0.29) is 32.0 Å². The molecule has 0 radical (unpaired) electrons. The van der Waals surface area contributed by atoms with Crippen molar-refractivity contribution in [2.24, 2.45) is 0 Å². The average Bonchev–Trinajstić information content (AvgIpc) is 3.02. The maximum atomic E-state index is 12.6. The van der Waals surface area contributed by atoms with Crippen molar-refractivity contribution in [3.05, 3.63) is 12.2 Å². The Bertz CT molecular complexity index is 845. The molecular weight excluding hydrogens is 629 g/mol. The summed E-state index contributed by atoms with van der Waals surface area (Å²) in [6.45, 7) is 4.18. The molecule has 10 heteroatoms. The van der Waals surface area contributed by atoms with E-state index in [0.717, 1.165) is 51.4 Å². The van der Waals surface area contributed by atoms with Crippen LogP contribution < -0.4 is 4.89 Å². The number of hydrogen-bond donors (Lipinski definition) is 0. The average molecular weight is 704 g/mol. The largest absolute Gasteiger partial charge is 0.756 e. The smallest absolute Gasteiger partial charge is 0.306 e. The number of phosphoric ester groups is 1. The standard InChI is InChI=1S/C38H74NO8P/c1-6-8-10-12-14-16-18-19-21-23-25-27-29-31-38(41)47-36(35-46-48(42,43)45-33-32-39(3,4)5)34-44-37(40)30-28-26-24-22-20-17-15-13-11-9-7-2/h16,18,36H,6-15,17,19-35H2,1-5H3/b18-16+/t36-/m1/s1. The SMILES string of the molecule is CCCCCC/C=C/CCCCCCCC(=O)O[C@H](COC(=O)CCCCCCCCCCCCC)COP(=O)([O-])OCC[N+](C)(C)C. The molecule has 0 aliphatic rings. The second kappa shape index (κ2) is 31.7. The molecule has 0 heterocycles. The molecule has 0 rings (SSSR count). The van der Waals surface area contributed by atoms with Crippen molar-refractivity contribution in [2.45, 2.75) is 174 Å². The normalized spacial score (nSPS) is 13.9. The van der Waals surface area contributed by atoms with Gasteiger partial charge >= 0.3 is 11.9 Å². The third kappa shape index (κ3) is 34.6. The third-order valence-electron chi connectivity index (χ3n) is 8.29. The van der Waals surface area contributed by atoms with Crippen molar-refractivity contribution in [3.8, 4) is 0 Å². The minimum atomic E-state index is -4.61. The first-order valence-corrected chi connectivity index (χ1v) is 20.9. The number of allylic oxidation sites excluding steroid dienone is 2. The Hall–Kier alpha value is -1.25. The summed E-state index contributed by atoms with van der Waals surface area (Å²) in [7, 11) is 1.16. The number of carbonyl (C=O) groups excluding carboxylic acids is 2. The van der Waals surface area contributed by atoms with Gasteiger partial charge in [0.1, 0.15) is 19.8 Å². The molecule has 0 spiro atoms. The van der Waals surface area contributed by atoms with Crippen molar-refractivity contribution in [1.82, 2.24) is 0 Å². The van der Waals surface area contributed by atoms with Gasteiger partial charge in [0.15, 0.2) is 6.10 Å². The highest BCUT2D eigenvalue weighted by atomic mass is 31.2. The fraction of sp³-hybridized carbons (Fsp3) is 0.895. The Balaban J connectivity index is 4.44. The highest BCUT2D eigenvalue weighted by Gasteiger charge is 2.21. The maximum absolute atomic E-state index is 12.6. The molecule has 2 atom stereocenters. The third-order valence-corrected chi connectivity index (χ3v) is 9.25. The van der Waals surface area contributed by atoms with E-state index in [9.17, 15) is 19.0 Å². The second-order valence-electron chi connectivity index (χ2n) is 14.3. The minimum absolute atomic E-state index is 0.0298. The summed E-state index contributed by atoms with van der Waals surface area (Å²) in [6, 6.07) is 0. The van der Waals surface area contributed by atoms with E-state index in [2.05, 4.69) is 26.0 Å². The number of ether oxygens (including phenoxy) is 2. The molecule has 0 saturated heterocycles. The summed E-state index contributed by atoms with van der Waals surface area (Å²) in [5.74, 6) is -0.842. The number of unbranched alkanes of at least 4 members (excludes halogenated alkanes) is 19. The number of phosphoric acid groups is 1. The second-order valence-corrected chi connectivity index (χ2v) is 15.7. The number of carbonyl (C=O) groups is 2. The van der Waals surface area contributed by atoms with E-state index in [1.54, 1.807) is 0 Å². The fourth-order valence-electron chi connectivity index (χ4n) is 5.18. The number of quaternary nitrogens is 1. The van der Waals surface area contributed by atoms with E-state index in [4.69, 9.17) is 18.5 Å². The van der Waals surface area contributed by atoms with E-state index < -0.39 is 26.5 Å². The molecule has 0 aromatic heterocycles. The lowest BCUT2D eigenvalue weighted by atomic mass is 10.1. The van der Waals surface area contributed by atoms with Gasteiger partial charge in [-0.1, -0.05) is 129 Å². The van der Waals surface area contributed by atoms with Gasteiger partial charge in [0, 0.05) is 12.8 Å². The van der Waals surface area contributed by atoms with Crippen molar-refractivity contribution >= 4 is 19.8 Å². The fourth-order valence-corrected chi connectivity index (χ4v) is 5.91. The van der Waals surface area contributed by atoms with Crippen LogP contribution in [0.4, 0.5) is 0 Å². The van der Waals surface area contributed by atoms with E-state index in [1.165, 1.54) is 83.5 Å². The van der Waals surface area contributed by atoms with Crippen molar-refractivity contribution in [2.75, 3.05) is 47.5 Å². The number of nitrogens with zero attached hydrogens (tertiary/aromatic N) is 1. The Kier molecular flexibility index (Phi) is 30.9. The van der Waals surface area contributed by atoms with Gasteiger partial charge in [0.05, 0.1) is 27.7 Å². The van der Waals surface area contributed by atoms with Gasteiger partial charge in [-0.25, -0.2) is 0 Å². The van der Waals surface area contributed by atoms with Crippen LogP contribution in [-0.4, -0.2) is 70.0 Å². The van der Waals surface area contributed by atoms with Gasteiger partial charge in [-0.2, -0.15) is 0 Å². The molecule has 0 aliphatic carbocycles. The van der Waals surface area contributed by atoms with Crippen molar-refractivity contribution in [1.29, 1.82) is 0 Å². The number of likely N-dealkylation sites (N-methyl/N-ethyl adjacent to an activating group) is 1. The monoisotopic (exact) mass is 704 g/mol. The lowest BCUT2D eigenvalue weighted by molar-refractivity contribution is -0.870. The molecule has 0 aliphatic heterocycles.